The normalized spacial score (nSPS) is 10.9. The van der Waals surface area contributed by atoms with E-state index >= 15 is 0 Å². The van der Waals surface area contributed by atoms with Gasteiger partial charge in [0, 0.05) is 5.56 Å². The Labute approximate surface area is 106 Å². The van der Waals surface area contributed by atoms with Crippen molar-refractivity contribution in [2.45, 2.75) is 0 Å². The van der Waals surface area contributed by atoms with Crippen molar-refractivity contribution >= 4 is 26.9 Å². The Hall–Kier alpha value is -1.81. The van der Waals surface area contributed by atoms with Crippen LogP contribution in [0.15, 0.2) is 51.5 Å². The molecule has 4 heteroatoms. The van der Waals surface area contributed by atoms with Gasteiger partial charge in [0.25, 0.3) is 0 Å². The fraction of sp³-hybridized carbons (Fsp3) is 0. The number of hydrogen-bond acceptors (Lipinski definition) is 3. The van der Waals surface area contributed by atoms with Crippen molar-refractivity contribution in [3.63, 3.8) is 0 Å². The Morgan fingerprint density at radius 3 is 2.76 bits per heavy atom. The molecule has 1 aromatic heterocycles. The Kier molecular flexibility index (Phi) is 2.37. The van der Waals surface area contributed by atoms with Gasteiger partial charge in [-0.2, -0.15) is 0 Å². The van der Waals surface area contributed by atoms with Crippen LogP contribution in [0.5, 0.6) is 5.75 Å². The van der Waals surface area contributed by atoms with Gasteiger partial charge in [0.05, 0.1) is 9.86 Å². The van der Waals surface area contributed by atoms with Crippen LogP contribution in [-0.2, 0) is 0 Å². The molecule has 0 radical (unpaired) electrons. The van der Waals surface area contributed by atoms with Crippen molar-refractivity contribution < 1.29 is 9.63 Å². The highest BCUT2D eigenvalue weighted by Gasteiger charge is 2.12. The first kappa shape index (κ1) is 10.4. The van der Waals surface area contributed by atoms with E-state index in [0.29, 0.717) is 5.58 Å². The second kappa shape index (κ2) is 3.89. The number of para-hydroxylation sites is 1. The fourth-order valence-electron chi connectivity index (χ4n) is 1.79. The van der Waals surface area contributed by atoms with Gasteiger partial charge < -0.3 is 9.63 Å². The average Bonchev–Trinajstić information content (AvgIpc) is 2.74. The van der Waals surface area contributed by atoms with Gasteiger partial charge in [-0.25, -0.2) is 0 Å². The zero-order valence-corrected chi connectivity index (χ0v) is 10.3. The second-order valence-corrected chi connectivity index (χ2v) is 4.55. The number of halogens is 1. The molecule has 0 aliphatic rings. The lowest BCUT2D eigenvalue weighted by Crippen LogP contribution is -1.77. The zero-order chi connectivity index (χ0) is 11.8. The van der Waals surface area contributed by atoms with Crippen LogP contribution in [0.25, 0.3) is 22.2 Å². The molecule has 0 amide bonds. The van der Waals surface area contributed by atoms with E-state index in [1.165, 1.54) is 0 Å². The van der Waals surface area contributed by atoms with Crippen molar-refractivity contribution in [3.05, 3.63) is 46.9 Å². The van der Waals surface area contributed by atoms with Gasteiger partial charge in [0.2, 0.25) is 0 Å². The highest BCUT2D eigenvalue weighted by atomic mass is 79.9. The molecule has 3 aromatic rings. The van der Waals surface area contributed by atoms with Gasteiger partial charge in [-0.05, 0) is 40.2 Å². The van der Waals surface area contributed by atoms with E-state index in [1.54, 1.807) is 18.2 Å². The first-order valence-electron chi connectivity index (χ1n) is 5.09. The lowest BCUT2D eigenvalue weighted by atomic mass is 10.1. The first-order valence-corrected chi connectivity index (χ1v) is 5.88. The molecule has 3 rings (SSSR count). The molecule has 0 saturated heterocycles. The van der Waals surface area contributed by atoms with E-state index in [-0.39, 0.29) is 5.75 Å². The molecule has 1 heterocycles. The topological polar surface area (TPSA) is 46.3 Å². The van der Waals surface area contributed by atoms with Gasteiger partial charge in [0.1, 0.15) is 11.4 Å². The molecule has 0 aliphatic heterocycles. The fourth-order valence-corrected chi connectivity index (χ4v) is 2.23. The predicted octanol–water partition coefficient (Wildman–Crippen LogP) is 3.96. The molecule has 0 fully saturated rings. The Balaban J connectivity index is 2.28. The molecule has 2 aromatic carbocycles. The maximum absolute atomic E-state index is 9.47. The number of aromatic hydroxyl groups is 1. The molecule has 0 saturated carbocycles. The Morgan fingerprint density at radius 2 is 1.94 bits per heavy atom. The van der Waals surface area contributed by atoms with E-state index in [4.69, 9.17) is 4.52 Å². The van der Waals surface area contributed by atoms with Crippen LogP contribution in [0.1, 0.15) is 0 Å². The van der Waals surface area contributed by atoms with E-state index < -0.39 is 0 Å². The van der Waals surface area contributed by atoms with Crippen molar-refractivity contribution in [1.82, 2.24) is 5.16 Å². The van der Waals surface area contributed by atoms with Gasteiger partial charge in [0.15, 0.2) is 5.58 Å². The maximum Gasteiger partial charge on any atom is 0.181 e. The van der Waals surface area contributed by atoms with Gasteiger partial charge in [-0.15, -0.1) is 0 Å². The molecular formula is C13H8BrNO2. The van der Waals surface area contributed by atoms with Crippen LogP contribution in [0.3, 0.4) is 0 Å². The highest BCUT2D eigenvalue weighted by Crippen LogP contribution is 2.32. The number of nitrogens with zero attached hydrogens (tertiary/aromatic N) is 1. The first-order chi connectivity index (χ1) is 8.25. The third kappa shape index (κ3) is 1.70. The van der Waals surface area contributed by atoms with Crippen molar-refractivity contribution in [1.29, 1.82) is 0 Å². The number of rotatable bonds is 1. The molecule has 1 N–H and O–H groups in total. The number of phenols is 1. The number of aromatic nitrogens is 1. The molecule has 0 unspecified atom stereocenters. The van der Waals surface area contributed by atoms with E-state index in [2.05, 4.69) is 21.1 Å². The summed E-state index contributed by atoms with van der Waals surface area (Å²) >= 11 is 3.41. The van der Waals surface area contributed by atoms with Crippen LogP contribution in [0, 0.1) is 0 Å². The Bertz CT molecular complexity index is 691. The van der Waals surface area contributed by atoms with E-state index in [1.807, 2.05) is 24.3 Å². The maximum atomic E-state index is 9.47. The molecule has 84 valence electrons. The van der Waals surface area contributed by atoms with Crippen LogP contribution in [0.2, 0.25) is 0 Å². The van der Waals surface area contributed by atoms with Crippen molar-refractivity contribution in [2.24, 2.45) is 0 Å². The monoisotopic (exact) mass is 289 g/mol. The van der Waals surface area contributed by atoms with Crippen LogP contribution < -0.4 is 0 Å². The lowest BCUT2D eigenvalue weighted by Gasteiger charge is -1.97. The SMILES string of the molecule is Oc1cccc(-c2noc3c(Br)cccc23)c1. The summed E-state index contributed by atoms with van der Waals surface area (Å²) in [6, 6.07) is 12.7. The lowest BCUT2D eigenvalue weighted by molar-refractivity contribution is 0.458. The minimum absolute atomic E-state index is 0.216. The third-order valence-electron chi connectivity index (χ3n) is 2.57. The molecule has 3 nitrogen and oxygen atoms in total. The summed E-state index contributed by atoms with van der Waals surface area (Å²) in [5.74, 6) is 0.216. The summed E-state index contributed by atoms with van der Waals surface area (Å²) < 4.78 is 6.16. The van der Waals surface area contributed by atoms with Crippen LogP contribution in [-0.4, -0.2) is 10.3 Å². The molecule has 0 spiro atoms. The zero-order valence-electron chi connectivity index (χ0n) is 8.72. The van der Waals surface area contributed by atoms with E-state index in [9.17, 15) is 5.11 Å². The summed E-state index contributed by atoms with van der Waals surface area (Å²) in [6.45, 7) is 0. The minimum Gasteiger partial charge on any atom is -0.508 e. The summed E-state index contributed by atoms with van der Waals surface area (Å²) in [5, 5.41) is 14.4. The molecule has 0 aliphatic carbocycles. The van der Waals surface area contributed by atoms with Crippen molar-refractivity contribution in [2.75, 3.05) is 0 Å². The average molecular weight is 290 g/mol. The molecule has 0 atom stereocenters. The van der Waals surface area contributed by atoms with E-state index in [0.717, 1.165) is 21.1 Å². The summed E-state index contributed by atoms with van der Waals surface area (Å²) in [7, 11) is 0. The minimum atomic E-state index is 0.216. The third-order valence-corrected chi connectivity index (χ3v) is 3.19. The van der Waals surface area contributed by atoms with Crippen molar-refractivity contribution in [3.8, 4) is 17.0 Å². The largest absolute Gasteiger partial charge is 0.508 e. The quantitative estimate of drug-likeness (QED) is 0.737. The summed E-state index contributed by atoms with van der Waals surface area (Å²) in [4.78, 5) is 0. The number of fused-ring (bicyclic) bond motifs is 1. The number of phenolic OH excluding ortho intramolecular Hbond substituents is 1. The van der Waals surface area contributed by atoms with Crippen LogP contribution >= 0.6 is 15.9 Å². The number of hydrogen-bond donors (Lipinski definition) is 1. The Morgan fingerprint density at radius 1 is 1.12 bits per heavy atom. The van der Waals surface area contributed by atoms with Crippen LogP contribution in [0.4, 0.5) is 0 Å². The molecular weight excluding hydrogens is 282 g/mol. The second-order valence-electron chi connectivity index (χ2n) is 3.70. The predicted molar refractivity (Wildman–Crippen MR) is 68.8 cm³/mol. The van der Waals surface area contributed by atoms with Gasteiger partial charge >= 0.3 is 0 Å². The van der Waals surface area contributed by atoms with Gasteiger partial charge in [-0.1, -0.05) is 23.4 Å². The van der Waals surface area contributed by atoms with Gasteiger partial charge in [-0.3, -0.25) is 0 Å². The smallest absolute Gasteiger partial charge is 0.181 e. The number of benzene rings is 2. The highest BCUT2D eigenvalue weighted by molar-refractivity contribution is 9.10. The molecule has 17 heavy (non-hydrogen) atoms. The summed E-state index contributed by atoms with van der Waals surface area (Å²) in [5.41, 5.74) is 2.28. The summed E-state index contributed by atoms with van der Waals surface area (Å²) in [6.07, 6.45) is 0. The molecule has 0 bridgehead atoms. The standard InChI is InChI=1S/C13H8BrNO2/c14-11-6-2-5-10-12(15-17-13(10)11)8-3-1-4-9(16)7-8/h1-7,16H.